The van der Waals surface area contributed by atoms with Crippen molar-refractivity contribution in [3.8, 4) is 5.88 Å². The van der Waals surface area contributed by atoms with Crippen LogP contribution in [0.15, 0.2) is 48.7 Å². The number of carbonyl (C=O) groups excluding carboxylic acids is 2. The lowest BCUT2D eigenvalue weighted by Crippen LogP contribution is -2.43. The number of methoxy groups -OCH3 is 1. The molecule has 1 fully saturated rings. The zero-order chi connectivity index (χ0) is 20.2. The number of pyridine rings is 1. The van der Waals surface area contributed by atoms with Crippen molar-refractivity contribution in [2.45, 2.75) is 12.8 Å². The number of piperidine rings is 1. The Bertz CT molecular complexity index is 997. The third-order valence-corrected chi connectivity index (χ3v) is 5.33. The first-order valence-electron chi connectivity index (χ1n) is 9.80. The van der Waals surface area contributed by atoms with Crippen molar-refractivity contribution in [2.24, 2.45) is 5.92 Å². The number of benzene rings is 1. The average molecular weight is 392 g/mol. The lowest BCUT2D eigenvalue weighted by Gasteiger charge is -2.33. The summed E-state index contributed by atoms with van der Waals surface area (Å²) in [4.78, 5) is 34.5. The molecule has 2 N–H and O–H groups in total. The first-order chi connectivity index (χ1) is 14.2. The lowest BCUT2D eigenvalue weighted by atomic mass is 9.97. The highest BCUT2D eigenvalue weighted by molar-refractivity contribution is 5.98. The molecular weight excluding hydrogens is 368 g/mol. The highest BCUT2D eigenvalue weighted by Gasteiger charge is 2.27. The van der Waals surface area contributed by atoms with E-state index in [1.165, 1.54) is 7.11 Å². The minimum Gasteiger partial charge on any atom is -0.480 e. The van der Waals surface area contributed by atoms with Crippen molar-refractivity contribution < 1.29 is 14.3 Å². The lowest BCUT2D eigenvalue weighted by molar-refractivity contribution is 0.0666. The third kappa shape index (κ3) is 4.08. The summed E-state index contributed by atoms with van der Waals surface area (Å²) in [6, 6.07) is 13.1. The molecule has 0 saturated carbocycles. The predicted octanol–water partition coefficient (Wildman–Crippen LogP) is 2.85. The molecule has 1 aliphatic rings. The number of amides is 2. The fraction of sp³-hybridized carbons (Fsp3) is 0.318. The monoisotopic (exact) mass is 392 g/mol. The molecule has 0 bridgehead atoms. The number of ether oxygens (including phenoxy) is 1. The molecule has 0 spiro atoms. The summed E-state index contributed by atoms with van der Waals surface area (Å²) in [5.41, 5.74) is 1.96. The van der Waals surface area contributed by atoms with E-state index in [1.54, 1.807) is 18.3 Å². The van der Waals surface area contributed by atoms with Crippen LogP contribution in [0.3, 0.4) is 0 Å². The Hall–Kier alpha value is -3.35. The van der Waals surface area contributed by atoms with Crippen LogP contribution in [0.1, 0.15) is 33.7 Å². The number of aromatic amines is 1. The normalized spacial score (nSPS) is 16.6. The van der Waals surface area contributed by atoms with Crippen molar-refractivity contribution in [3.05, 3.63) is 59.9 Å². The third-order valence-electron chi connectivity index (χ3n) is 5.33. The van der Waals surface area contributed by atoms with Gasteiger partial charge in [-0.25, -0.2) is 4.98 Å². The van der Waals surface area contributed by atoms with Gasteiger partial charge < -0.3 is 19.9 Å². The largest absolute Gasteiger partial charge is 0.480 e. The van der Waals surface area contributed by atoms with Gasteiger partial charge in [-0.1, -0.05) is 18.2 Å². The Balaban J connectivity index is 1.37. The number of hydrogen-bond acceptors (Lipinski definition) is 4. The number of rotatable bonds is 5. The number of fused-ring (bicyclic) bond motifs is 1. The molecule has 3 heterocycles. The van der Waals surface area contributed by atoms with Crippen LogP contribution in [0, 0.1) is 5.92 Å². The van der Waals surface area contributed by atoms with Crippen LogP contribution >= 0.6 is 0 Å². The molecule has 1 aromatic carbocycles. The van der Waals surface area contributed by atoms with Gasteiger partial charge in [-0.05, 0) is 43.0 Å². The number of nitrogens with zero attached hydrogens (tertiary/aromatic N) is 2. The van der Waals surface area contributed by atoms with Gasteiger partial charge in [0.15, 0.2) is 0 Å². The van der Waals surface area contributed by atoms with Gasteiger partial charge in [0, 0.05) is 36.7 Å². The van der Waals surface area contributed by atoms with Crippen LogP contribution in [0.2, 0.25) is 0 Å². The first kappa shape index (κ1) is 19.0. The Morgan fingerprint density at radius 1 is 1.28 bits per heavy atom. The van der Waals surface area contributed by atoms with E-state index in [0.29, 0.717) is 36.8 Å². The van der Waals surface area contributed by atoms with Crippen LogP contribution in [-0.4, -0.2) is 53.4 Å². The molecule has 1 aliphatic heterocycles. The molecule has 3 aromatic rings. The Labute approximate surface area is 169 Å². The summed E-state index contributed by atoms with van der Waals surface area (Å²) in [5.74, 6) is 0.343. The van der Waals surface area contributed by atoms with Gasteiger partial charge in [0.05, 0.1) is 7.11 Å². The molecule has 7 nitrogen and oxygen atoms in total. The number of hydrogen-bond donors (Lipinski definition) is 2. The van der Waals surface area contributed by atoms with E-state index < -0.39 is 0 Å². The van der Waals surface area contributed by atoms with E-state index >= 15 is 0 Å². The quantitative estimate of drug-likeness (QED) is 0.699. The van der Waals surface area contributed by atoms with Crippen molar-refractivity contribution in [1.82, 2.24) is 20.2 Å². The van der Waals surface area contributed by atoms with Crippen molar-refractivity contribution in [2.75, 3.05) is 26.7 Å². The summed E-state index contributed by atoms with van der Waals surface area (Å²) in [5, 5.41) is 4.02. The molecule has 2 aromatic heterocycles. The van der Waals surface area contributed by atoms with E-state index in [0.717, 1.165) is 23.7 Å². The topological polar surface area (TPSA) is 87.3 Å². The molecule has 0 aliphatic carbocycles. The molecule has 0 unspecified atom stereocenters. The summed E-state index contributed by atoms with van der Waals surface area (Å²) < 4.78 is 5.22. The number of likely N-dealkylation sites (tertiary alicyclic amines) is 1. The second-order valence-corrected chi connectivity index (χ2v) is 7.30. The maximum atomic E-state index is 12.9. The molecule has 4 rings (SSSR count). The SMILES string of the molecule is COc1ncccc1C(=O)N1CCC[C@H](CNC(=O)c2cc3ccccc3[nH]2)C1. The molecule has 0 radical (unpaired) electrons. The van der Waals surface area contributed by atoms with E-state index in [4.69, 9.17) is 4.74 Å². The van der Waals surface area contributed by atoms with Gasteiger partial charge in [0.2, 0.25) is 5.88 Å². The van der Waals surface area contributed by atoms with Crippen molar-refractivity contribution in [3.63, 3.8) is 0 Å². The first-order valence-corrected chi connectivity index (χ1v) is 9.80. The maximum absolute atomic E-state index is 12.9. The Kier molecular flexibility index (Phi) is 5.46. The predicted molar refractivity (Wildman–Crippen MR) is 110 cm³/mol. The fourth-order valence-corrected chi connectivity index (χ4v) is 3.83. The van der Waals surface area contributed by atoms with Crippen LogP contribution in [-0.2, 0) is 0 Å². The Morgan fingerprint density at radius 3 is 2.97 bits per heavy atom. The summed E-state index contributed by atoms with van der Waals surface area (Å²) in [6.07, 6.45) is 3.48. The van der Waals surface area contributed by atoms with Crippen LogP contribution in [0.25, 0.3) is 10.9 Å². The van der Waals surface area contributed by atoms with Gasteiger partial charge in [-0.15, -0.1) is 0 Å². The van der Waals surface area contributed by atoms with Gasteiger partial charge in [-0.2, -0.15) is 0 Å². The van der Waals surface area contributed by atoms with Crippen LogP contribution in [0.4, 0.5) is 0 Å². The summed E-state index contributed by atoms with van der Waals surface area (Å²) in [6.45, 7) is 1.83. The van der Waals surface area contributed by atoms with Gasteiger partial charge >= 0.3 is 0 Å². The second-order valence-electron chi connectivity index (χ2n) is 7.30. The molecule has 1 saturated heterocycles. The average Bonchev–Trinajstić information content (AvgIpc) is 3.21. The molecule has 1 atom stereocenters. The molecule has 7 heteroatoms. The molecule has 29 heavy (non-hydrogen) atoms. The van der Waals surface area contributed by atoms with Crippen molar-refractivity contribution >= 4 is 22.7 Å². The molecule has 2 amide bonds. The number of para-hydroxylation sites is 1. The number of carbonyl (C=O) groups is 2. The maximum Gasteiger partial charge on any atom is 0.267 e. The van der Waals surface area contributed by atoms with Crippen molar-refractivity contribution in [1.29, 1.82) is 0 Å². The fourth-order valence-electron chi connectivity index (χ4n) is 3.83. The molecular formula is C22H24N4O3. The van der Waals surface area contributed by atoms with Gasteiger partial charge in [0.25, 0.3) is 11.8 Å². The highest BCUT2D eigenvalue weighted by atomic mass is 16.5. The smallest absolute Gasteiger partial charge is 0.267 e. The minimum absolute atomic E-state index is 0.0819. The second kappa shape index (κ2) is 8.34. The molecule has 150 valence electrons. The zero-order valence-electron chi connectivity index (χ0n) is 16.4. The van der Waals surface area contributed by atoms with E-state index in [1.807, 2.05) is 35.2 Å². The Morgan fingerprint density at radius 2 is 2.14 bits per heavy atom. The van der Waals surface area contributed by atoms with Crippen LogP contribution in [0.5, 0.6) is 5.88 Å². The number of H-pyrrole nitrogens is 1. The number of aromatic nitrogens is 2. The van der Waals surface area contributed by atoms with E-state index in [9.17, 15) is 9.59 Å². The van der Waals surface area contributed by atoms with Crippen LogP contribution < -0.4 is 10.1 Å². The highest BCUT2D eigenvalue weighted by Crippen LogP contribution is 2.22. The van der Waals surface area contributed by atoms with E-state index in [-0.39, 0.29) is 17.7 Å². The van der Waals surface area contributed by atoms with Gasteiger partial charge in [0.1, 0.15) is 11.3 Å². The number of nitrogens with one attached hydrogen (secondary N) is 2. The minimum atomic E-state index is -0.126. The summed E-state index contributed by atoms with van der Waals surface area (Å²) >= 11 is 0. The summed E-state index contributed by atoms with van der Waals surface area (Å²) in [7, 11) is 1.51. The van der Waals surface area contributed by atoms with E-state index in [2.05, 4.69) is 15.3 Å². The zero-order valence-corrected chi connectivity index (χ0v) is 16.4. The standard InChI is InChI=1S/C22H24N4O3/c1-29-21-17(8-4-10-23-21)22(28)26-11-5-6-15(14-26)13-24-20(27)19-12-16-7-2-3-9-18(16)25-19/h2-4,7-10,12,15,25H,5-6,11,13-14H2,1H3,(H,24,27)/t15-/m1/s1. The van der Waals surface area contributed by atoms with Gasteiger partial charge in [-0.3, -0.25) is 9.59 Å².